The Labute approximate surface area is 136 Å². The molecule has 2 heterocycles. The summed E-state index contributed by atoms with van der Waals surface area (Å²) in [6, 6.07) is 8.67. The molecule has 0 saturated carbocycles. The molecular weight excluding hydrogens is 292 g/mol. The number of carbonyl (C=O) groups excluding carboxylic acids is 1. The lowest BCUT2D eigenvalue weighted by molar-refractivity contribution is 0.0651. The van der Waals surface area contributed by atoms with Crippen molar-refractivity contribution in [3.63, 3.8) is 0 Å². The van der Waals surface area contributed by atoms with Crippen molar-refractivity contribution in [2.45, 2.75) is 32.7 Å². The Bertz CT molecular complexity index is 671. The van der Waals surface area contributed by atoms with Crippen molar-refractivity contribution >= 4 is 27.3 Å². The molecule has 22 heavy (non-hydrogen) atoms. The highest BCUT2D eigenvalue weighted by Gasteiger charge is 2.27. The van der Waals surface area contributed by atoms with Crippen LogP contribution in [0.15, 0.2) is 24.3 Å². The van der Waals surface area contributed by atoms with Crippen LogP contribution in [0.3, 0.4) is 0 Å². The van der Waals surface area contributed by atoms with Gasteiger partial charge in [-0.3, -0.25) is 4.79 Å². The first-order chi connectivity index (χ1) is 10.6. The number of benzene rings is 1. The van der Waals surface area contributed by atoms with E-state index in [1.807, 2.05) is 24.1 Å². The summed E-state index contributed by atoms with van der Waals surface area (Å²) in [5.74, 6) is 0.189. The third-order valence-electron chi connectivity index (χ3n) is 4.91. The Kier molecular flexibility index (Phi) is 4.50. The van der Waals surface area contributed by atoms with Crippen LogP contribution in [0.4, 0.5) is 0 Å². The molecule has 4 heteroatoms. The summed E-state index contributed by atoms with van der Waals surface area (Å²) in [6.07, 6.45) is 2.17. The lowest BCUT2D eigenvalue weighted by atomic mass is 10.0. The molecule has 1 aromatic carbocycles. The lowest BCUT2D eigenvalue weighted by Crippen LogP contribution is -2.45. The van der Waals surface area contributed by atoms with Crippen molar-refractivity contribution in [3.8, 4) is 0 Å². The van der Waals surface area contributed by atoms with Gasteiger partial charge in [0.05, 0.1) is 4.88 Å². The molecule has 1 fully saturated rings. The van der Waals surface area contributed by atoms with E-state index in [0.717, 1.165) is 42.9 Å². The Morgan fingerprint density at radius 3 is 2.64 bits per heavy atom. The molecule has 1 aliphatic rings. The Balaban J connectivity index is 1.79. The van der Waals surface area contributed by atoms with Crippen LogP contribution in [0.1, 0.15) is 35.0 Å². The van der Waals surface area contributed by atoms with Gasteiger partial charge in [-0.05, 0) is 43.3 Å². The smallest absolute Gasteiger partial charge is 0.264 e. The number of thiophene rings is 1. The molecule has 1 aromatic heterocycles. The number of nitrogens with zero attached hydrogens (tertiary/aromatic N) is 2. The minimum Gasteiger partial charge on any atom is -0.338 e. The van der Waals surface area contributed by atoms with Gasteiger partial charge in [0.2, 0.25) is 0 Å². The molecule has 2 aromatic rings. The van der Waals surface area contributed by atoms with Crippen LogP contribution in [-0.2, 0) is 0 Å². The first-order valence-corrected chi connectivity index (χ1v) is 8.91. The van der Waals surface area contributed by atoms with Gasteiger partial charge in [-0.25, -0.2) is 0 Å². The quantitative estimate of drug-likeness (QED) is 0.860. The zero-order valence-electron chi connectivity index (χ0n) is 13.6. The second kappa shape index (κ2) is 6.39. The van der Waals surface area contributed by atoms with Gasteiger partial charge in [0.15, 0.2) is 0 Å². The van der Waals surface area contributed by atoms with Gasteiger partial charge in [-0.2, -0.15) is 0 Å². The van der Waals surface area contributed by atoms with Gasteiger partial charge in [0.1, 0.15) is 0 Å². The fourth-order valence-corrected chi connectivity index (χ4v) is 4.52. The zero-order chi connectivity index (χ0) is 15.7. The predicted molar refractivity (Wildman–Crippen MR) is 93.8 cm³/mol. The lowest BCUT2D eigenvalue weighted by Gasteiger charge is -2.36. The summed E-state index contributed by atoms with van der Waals surface area (Å²) in [4.78, 5) is 18.2. The molecular formula is C18H24N2OS. The minimum atomic E-state index is 0.189. The van der Waals surface area contributed by atoms with E-state index in [0.29, 0.717) is 6.04 Å². The largest absolute Gasteiger partial charge is 0.338 e. The zero-order valence-corrected chi connectivity index (χ0v) is 14.4. The summed E-state index contributed by atoms with van der Waals surface area (Å²) < 4.78 is 1.21. The third-order valence-corrected chi connectivity index (χ3v) is 6.17. The average Bonchev–Trinajstić information content (AvgIpc) is 2.91. The highest BCUT2D eigenvalue weighted by Crippen LogP contribution is 2.32. The van der Waals surface area contributed by atoms with Gasteiger partial charge < -0.3 is 9.80 Å². The second-order valence-electron chi connectivity index (χ2n) is 6.13. The van der Waals surface area contributed by atoms with Gasteiger partial charge in [-0.15, -0.1) is 11.3 Å². The molecule has 1 aliphatic heterocycles. The number of carbonyl (C=O) groups is 1. The Hall–Kier alpha value is -1.39. The van der Waals surface area contributed by atoms with Crippen LogP contribution in [0, 0.1) is 6.92 Å². The molecule has 118 valence electrons. The maximum atomic E-state index is 12.9. The van der Waals surface area contributed by atoms with E-state index in [-0.39, 0.29) is 5.91 Å². The highest BCUT2D eigenvalue weighted by atomic mass is 32.1. The predicted octanol–water partition coefficient (Wildman–Crippen LogP) is 3.77. The number of piperidine rings is 1. The fraction of sp³-hybridized carbons (Fsp3) is 0.500. The summed E-state index contributed by atoms with van der Waals surface area (Å²) in [5.41, 5.74) is 1.13. The molecule has 0 N–H and O–H groups in total. The van der Waals surface area contributed by atoms with Crippen molar-refractivity contribution < 1.29 is 4.79 Å². The van der Waals surface area contributed by atoms with E-state index >= 15 is 0 Å². The van der Waals surface area contributed by atoms with Crippen LogP contribution in [0.5, 0.6) is 0 Å². The molecule has 0 unspecified atom stereocenters. The Morgan fingerprint density at radius 2 is 2.00 bits per heavy atom. The number of likely N-dealkylation sites (tertiary alicyclic amines) is 1. The number of fused-ring (bicyclic) bond motifs is 1. The summed E-state index contributed by atoms with van der Waals surface area (Å²) in [6.45, 7) is 7.59. The van der Waals surface area contributed by atoms with Crippen LogP contribution < -0.4 is 0 Å². The summed E-state index contributed by atoms with van der Waals surface area (Å²) >= 11 is 1.63. The fourth-order valence-electron chi connectivity index (χ4n) is 3.33. The molecule has 3 rings (SSSR count). The van der Waals surface area contributed by atoms with Gasteiger partial charge in [0.25, 0.3) is 5.91 Å². The standard InChI is InChI=1S/C18H24N2OS/c1-4-20-11-9-14(10-12-20)19(3)18(21)17-13(2)15-7-5-6-8-16(15)22-17/h5-8,14H,4,9-12H2,1-3H3. The topological polar surface area (TPSA) is 23.6 Å². The van der Waals surface area contributed by atoms with Gasteiger partial charge in [0, 0.05) is 30.9 Å². The minimum absolute atomic E-state index is 0.189. The number of aryl methyl sites for hydroxylation is 1. The first kappa shape index (κ1) is 15.5. The molecule has 0 radical (unpaired) electrons. The van der Waals surface area contributed by atoms with E-state index in [9.17, 15) is 4.79 Å². The van der Waals surface area contributed by atoms with E-state index in [1.54, 1.807) is 11.3 Å². The second-order valence-corrected chi connectivity index (χ2v) is 7.19. The first-order valence-electron chi connectivity index (χ1n) is 8.09. The van der Waals surface area contributed by atoms with Crippen LogP contribution >= 0.6 is 11.3 Å². The third kappa shape index (κ3) is 2.77. The van der Waals surface area contributed by atoms with Crippen LogP contribution in [-0.4, -0.2) is 48.4 Å². The maximum absolute atomic E-state index is 12.9. The maximum Gasteiger partial charge on any atom is 0.264 e. The molecule has 0 bridgehead atoms. The molecule has 1 amide bonds. The SMILES string of the molecule is CCN1CCC(N(C)C(=O)c2sc3ccccc3c2C)CC1. The summed E-state index contributed by atoms with van der Waals surface area (Å²) in [7, 11) is 1.97. The average molecular weight is 316 g/mol. The number of rotatable bonds is 3. The van der Waals surface area contributed by atoms with Crippen molar-refractivity contribution in [2.24, 2.45) is 0 Å². The Morgan fingerprint density at radius 1 is 1.32 bits per heavy atom. The molecule has 3 nitrogen and oxygen atoms in total. The number of amides is 1. The van der Waals surface area contributed by atoms with Crippen molar-refractivity contribution in [2.75, 3.05) is 26.7 Å². The van der Waals surface area contributed by atoms with Gasteiger partial charge >= 0.3 is 0 Å². The van der Waals surface area contributed by atoms with E-state index < -0.39 is 0 Å². The summed E-state index contributed by atoms with van der Waals surface area (Å²) in [5, 5.41) is 1.21. The number of hydrogen-bond acceptors (Lipinski definition) is 3. The monoisotopic (exact) mass is 316 g/mol. The molecule has 0 aliphatic carbocycles. The molecule has 0 atom stereocenters. The highest BCUT2D eigenvalue weighted by molar-refractivity contribution is 7.21. The van der Waals surface area contributed by atoms with Crippen molar-refractivity contribution in [3.05, 3.63) is 34.7 Å². The normalized spacial score (nSPS) is 17.0. The molecule has 1 saturated heterocycles. The van der Waals surface area contributed by atoms with Crippen molar-refractivity contribution in [1.29, 1.82) is 0 Å². The van der Waals surface area contributed by atoms with E-state index in [4.69, 9.17) is 0 Å². The number of hydrogen-bond donors (Lipinski definition) is 0. The van der Waals surface area contributed by atoms with Gasteiger partial charge in [-0.1, -0.05) is 25.1 Å². The van der Waals surface area contributed by atoms with Crippen LogP contribution in [0.2, 0.25) is 0 Å². The molecule has 0 spiro atoms. The van der Waals surface area contributed by atoms with E-state index in [1.165, 1.54) is 10.1 Å². The van der Waals surface area contributed by atoms with E-state index in [2.05, 4.69) is 30.9 Å². The van der Waals surface area contributed by atoms with Crippen LogP contribution in [0.25, 0.3) is 10.1 Å². The van der Waals surface area contributed by atoms with Crippen molar-refractivity contribution in [1.82, 2.24) is 9.80 Å².